The molecule has 0 heterocycles. The van der Waals surface area contributed by atoms with Gasteiger partial charge in [0.1, 0.15) is 118 Å². The largest absolute Gasteiger partial charge is 0.138 e. The minimum atomic E-state index is 0.231. The highest BCUT2D eigenvalue weighted by Gasteiger charge is 2.30. The maximum absolute atomic E-state index is 2.36. The first kappa shape index (κ1) is 27.2. The first-order valence-electron chi connectivity index (χ1n) is 12.9. The molecule has 0 aromatic heterocycles. The van der Waals surface area contributed by atoms with E-state index in [1.165, 1.54) is 98.6 Å². The molecule has 152 valence electrons. The molecule has 0 N–H and O–H groups in total. The maximum atomic E-state index is 2.36. The summed E-state index contributed by atoms with van der Waals surface area (Å²) < 4.78 is 0. The summed E-state index contributed by atoms with van der Waals surface area (Å²) in [6.45, 7) is 0. The summed E-state index contributed by atoms with van der Waals surface area (Å²) >= 11 is 0. The van der Waals surface area contributed by atoms with Crippen LogP contribution in [0.3, 0.4) is 0 Å². The molecule has 0 atom stereocenters. The van der Waals surface area contributed by atoms with Crippen LogP contribution >= 0.6 is 0 Å². The average Bonchev–Trinajstić information content (AvgIpc) is 2.81. The molecule has 0 unspecified atom stereocenters. The van der Waals surface area contributed by atoms with E-state index in [2.05, 4.69) is 118 Å². The summed E-state index contributed by atoms with van der Waals surface area (Å²) in [6.07, 6.45) is 0. The summed E-state index contributed by atoms with van der Waals surface area (Å²) in [5.41, 5.74) is 26.2. The molecule has 3 aromatic carbocycles. The van der Waals surface area contributed by atoms with Crippen LogP contribution < -0.4 is 81.9 Å². The second kappa shape index (κ2) is 9.59. The van der Waals surface area contributed by atoms with Gasteiger partial charge in [-0.25, -0.2) is 0 Å². The van der Waals surface area contributed by atoms with Crippen molar-refractivity contribution in [2.45, 2.75) is 5.92 Å². The minimum absolute atomic E-state index is 0.231. The van der Waals surface area contributed by atoms with Crippen LogP contribution in [0.5, 0.6) is 0 Å². The molecule has 3 aromatic rings. The van der Waals surface area contributed by atoms with Crippen molar-refractivity contribution in [1.82, 2.24) is 0 Å². The van der Waals surface area contributed by atoms with E-state index >= 15 is 0 Å². The van der Waals surface area contributed by atoms with Crippen molar-refractivity contribution in [3.8, 4) is 0 Å². The van der Waals surface area contributed by atoms with Gasteiger partial charge in [0.2, 0.25) is 0 Å². The monoisotopic (exact) mass is 424 g/mol. The predicted octanol–water partition coefficient (Wildman–Crippen LogP) is -21.3. The molecular weight excluding hydrogens is 390 g/mol. The lowest BCUT2D eigenvalue weighted by molar-refractivity contribution is 1.04. The van der Waals surface area contributed by atoms with Gasteiger partial charge in [0.15, 0.2) is 0 Å². The van der Waals surface area contributed by atoms with Crippen molar-refractivity contribution in [2.75, 3.05) is 0 Å². The van der Waals surface area contributed by atoms with Gasteiger partial charge >= 0.3 is 0 Å². The van der Waals surface area contributed by atoms with Crippen LogP contribution in [-0.4, -0.2) is 118 Å². The van der Waals surface area contributed by atoms with Crippen molar-refractivity contribution in [1.29, 1.82) is 0 Å². The first-order valence-corrected chi connectivity index (χ1v) is 12.9. The molecule has 0 amide bonds. The molecule has 0 aliphatic rings. The fraction of sp³-hybridized carbons (Fsp3) is 0.0526. The van der Waals surface area contributed by atoms with Crippen LogP contribution in [0.15, 0.2) is 0 Å². The molecule has 3 rings (SSSR count). The molecule has 0 aliphatic carbocycles. The normalized spacial score (nSPS) is 11.2. The molecule has 0 saturated heterocycles. The topological polar surface area (TPSA) is 0 Å². The fourth-order valence-electron chi connectivity index (χ4n) is 6.32. The number of rotatable bonds is 3. The molecule has 34 heavy (non-hydrogen) atoms. The van der Waals surface area contributed by atoms with Gasteiger partial charge in [-0.05, 0) is 16.7 Å². The van der Waals surface area contributed by atoms with E-state index in [9.17, 15) is 0 Å². The van der Waals surface area contributed by atoms with Crippen molar-refractivity contribution < 1.29 is 0 Å². The van der Waals surface area contributed by atoms with Crippen molar-refractivity contribution in [3.05, 3.63) is 16.7 Å². The Labute approximate surface area is 221 Å². The van der Waals surface area contributed by atoms with Crippen molar-refractivity contribution in [3.63, 3.8) is 0 Å². The summed E-state index contributed by atoms with van der Waals surface area (Å²) in [5, 5.41) is 0. The lowest BCUT2D eigenvalue weighted by atomic mass is 9.52. The smallest absolute Gasteiger partial charge is 0.102 e. The van der Waals surface area contributed by atoms with E-state index in [0.29, 0.717) is 0 Å². The lowest BCUT2D eigenvalue weighted by Gasteiger charge is -2.35. The van der Waals surface area contributed by atoms with Gasteiger partial charge in [-0.15, -0.1) is 49.2 Å². The second-order valence-corrected chi connectivity index (χ2v) is 11.0. The number of benzene rings is 3. The van der Waals surface area contributed by atoms with Crippen molar-refractivity contribution in [2.24, 2.45) is 0 Å². The molecule has 0 bridgehead atoms. The number of hydrogen-bond donors (Lipinski definition) is 0. The Kier molecular flexibility index (Phi) is 7.68. The standard InChI is InChI=1S/C19H31B15/c20-5-2(6(21)12(27)17(32)11(5)26)1(3-7(22)13(28)18(33)14(29)8(3)23)4-9(24)15(30)19(34)16(31)10(4)25/h1H,20-34H2. The van der Waals surface area contributed by atoms with Crippen LogP contribution in [-0.2, 0) is 0 Å². The molecule has 0 nitrogen and oxygen atoms in total. The third kappa shape index (κ3) is 3.94. The van der Waals surface area contributed by atoms with E-state index < -0.39 is 0 Å². The Morgan fingerprint density at radius 3 is 0.471 bits per heavy atom. The Bertz CT molecular complexity index is 1110. The molecule has 0 spiro atoms. The lowest BCUT2D eigenvalue weighted by Crippen LogP contribution is -2.62. The van der Waals surface area contributed by atoms with Gasteiger partial charge in [-0.1, -0.05) is 32.8 Å². The zero-order valence-corrected chi connectivity index (χ0v) is 24.6. The van der Waals surface area contributed by atoms with Gasteiger partial charge < -0.3 is 0 Å². The quantitative estimate of drug-likeness (QED) is 0.291. The van der Waals surface area contributed by atoms with Crippen LogP contribution in [0.2, 0.25) is 0 Å². The Balaban J connectivity index is 2.68. The van der Waals surface area contributed by atoms with Crippen molar-refractivity contribution >= 4 is 200 Å². The SMILES string of the molecule is Bc1c(B)c(B)c(C(c2c(B)c(B)c(B)c(B)c2B)c2c(B)c(B)c(B)c(B)c2B)c(B)c1B. The highest BCUT2D eigenvalue weighted by atomic mass is 14.3. The molecule has 0 saturated carbocycles. The van der Waals surface area contributed by atoms with E-state index in [0.717, 1.165) is 0 Å². The zero-order chi connectivity index (χ0) is 26.0. The van der Waals surface area contributed by atoms with E-state index in [-0.39, 0.29) is 5.92 Å². The van der Waals surface area contributed by atoms with Crippen LogP contribution in [0.1, 0.15) is 22.6 Å². The first-order chi connectivity index (χ1) is 15.7. The summed E-state index contributed by atoms with van der Waals surface area (Å²) in [7, 11) is 34.9. The Morgan fingerprint density at radius 1 is 0.206 bits per heavy atom. The molecule has 0 aliphatic heterocycles. The second-order valence-electron chi connectivity index (χ2n) is 11.0. The number of hydrogen-bond acceptors (Lipinski definition) is 0. The third-order valence-electron chi connectivity index (χ3n) is 10.0. The maximum Gasteiger partial charge on any atom is 0.138 e. The molecule has 0 radical (unpaired) electrons. The summed E-state index contributed by atoms with van der Waals surface area (Å²) in [6, 6.07) is 0. The van der Waals surface area contributed by atoms with Crippen LogP contribution in [0, 0.1) is 0 Å². The van der Waals surface area contributed by atoms with Gasteiger partial charge in [0.25, 0.3) is 0 Å². The van der Waals surface area contributed by atoms with Gasteiger partial charge in [-0.2, -0.15) is 0 Å². The highest BCUT2D eigenvalue weighted by Crippen LogP contribution is 2.23. The Morgan fingerprint density at radius 2 is 0.324 bits per heavy atom. The van der Waals surface area contributed by atoms with Gasteiger partial charge in [0.05, 0.1) is 0 Å². The predicted molar refractivity (Wildman–Crippen MR) is 203 cm³/mol. The molecule has 0 fully saturated rings. The van der Waals surface area contributed by atoms with E-state index in [1.54, 1.807) is 0 Å². The highest BCUT2D eigenvalue weighted by molar-refractivity contribution is 6.70. The average molecular weight is 422 g/mol. The third-order valence-corrected chi connectivity index (χ3v) is 10.0. The van der Waals surface area contributed by atoms with Crippen LogP contribution in [0.4, 0.5) is 0 Å². The van der Waals surface area contributed by atoms with E-state index in [1.807, 2.05) is 0 Å². The molecule has 15 heteroatoms. The summed E-state index contributed by atoms with van der Waals surface area (Å²) in [4.78, 5) is 0. The fourth-order valence-corrected chi connectivity index (χ4v) is 6.32. The van der Waals surface area contributed by atoms with Crippen LogP contribution in [0.25, 0.3) is 0 Å². The summed E-state index contributed by atoms with van der Waals surface area (Å²) in [5.74, 6) is 0.231. The Hall–Kier alpha value is -1.37. The zero-order valence-electron chi connectivity index (χ0n) is 24.6. The minimum Gasteiger partial charge on any atom is -0.102 e. The molecular formula is C19H31B15. The van der Waals surface area contributed by atoms with Gasteiger partial charge in [-0.3, -0.25) is 0 Å². The van der Waals surface area contributed by atoms with Gasteiger partial charge in [0, 0.05) is 5.92 Å². The van der Waals surface area contributed by atoms with E-state index in [4.69, 9.17) is 0 Å².